The average molecular weight is 367 g/mol. The third kappa shape index (κ3) is 4.81. The van der Waals surface area contributed by atoms with Crippen LogP contribution in [0.15, 0.2) is 24.3 Å². The molecule has 1 aliphatic heterocycles. The number of carbonyl (C=O) groups excluding carboxylic acids is 1. The fourth-order valence-corrected chi connectivity index (χ4v) is 4.77. The molecule has 1 heterocycles. The lowest BCUT2D eigenvalue weighted by molar-refractivity contribution is -0.137. The summed E-state index contributed by atoms with van der Waals surface area (Å²) >= 11 is 0. The van der Waals surface area contributed by atoms with Gasteiger partial charge in [-0.15, -0.1) is 0 Å². The zero-order chi connectivity index (χ0) is 18.8. The van der Waals surface area contributed by atoms with Crippen molar-refractivity contribution in [2.75, 3.05) is 5.75 Å². The number of sulfone groups is 1. The highest BCUT2D eigenvalue weighted by atomic mass is 32.2. The fourth-order valence-electron chi connectivity index (χ4n) is 2.99. The molecule has 2 rings (SSSR count). The van der Waals surface area contributed by atoms with Crippen LogP contribution < -0.4 is 5.32 Å². The van der Waals surface area contributed by atoms with Crippen LogP contribution in [0.1, 0.15) is 57.2 Å². The van der Waals surface area contributed by atoms with Gasteiger partial charge in [-0.2, -0.15) is 0 Å². The van der Waals surface area contributed by atoms with Gasteiger partial charge in [0, 0.05) is 0 Å². The summed E-state index contributed by atoms with van der Waals surface area (Å²) in [6.45, 7) is 6.22. The number of hydrogen-bond acceptors (Lipinski definition) is 4. The number of carbonyl (C=O) groups is 2. The zero-order valence-corrected chi connectivity index (χ0v) is 15.6. The first kappa shape index (κ1) is 19.4. The van der Waals surface area contributed by atoms with E-state index in [1.165, 1.54) is 0 Å². The van der Waals surface area contributed by atoms with E-state index in [-0.39, 0.29) is 24.0 Å². The van der Waals surface area contributed by atoms with Gasteiger partial charge < -0.3 is 10.4 Å². The molecule has 1 saturated heterocycles. The van der Waals surface area contributed by atoms with Crippen molar-refractivity contribution in [3.05, 3.63) is 35.4 Å². The Balaban J connectivity index is 2.21. The normalized spacial score (nSPS) is 20.8. The molecule has 138 valence electrons. The van der Waals surface area contributed by atoms with Crippen LogP contribution in [0, 0.1) is 0 Å². The standard InChI is InChI=1S/C18H25NO5S/c1-18(2,3)13-8-6-12(7-9-13)14(11-16(20)21)19-17(22)15-5-4-10-25(15,23)24/h6-9,14-15H,4-5,10-11H2,1-3H3,(H,19,22)(H,20,21). The zero-order valence-electron chi connectivity index (χ0n) is 14.8. The van der Waals surface area contributed by atoms with E-state index in [4.69, 9.17) is 5.11 Å². The Morgan fingerprint density at radius 2 is 1.84 bits per heavy atom. The van der Waals surface area contributed by atoms with E-state index >= 15 is 0 Å². The minimum absolute atomic E-state index is 0.00889. The SMILES string of the molecule is CC(C)(C)c1ccc(C(CC(=O)O)NC(=O)C2CCCS2(=O)=O)cc1. The van der Waals surface area contributed by atoms with Gasteiger partial charge in [-0.05, 0) is 29.4 Å². The smallest absolute Gasteiger partial charge is 0.305 e. The molecule has 0 aliphatic carbocycles. The van der Waals surface area contributed by atoms with Gasteiger partial charge in [-0.25, -0.2) is 8.42 Å². The van der Waals surface area contributed by atoms with Gasteiger partial charge in [0.05, 0.1) is 18.2 Å². The third-order valence-corrected chi connectivity index (χ3v) is 6.67. The summed E-state index contributed by atoms with van der Waals surface area (Å²) in [6.07, 6.45) is 0.453. The number of carboxylic acids is 1. The highest BCUT2D eigenvalue weighted by Crippen LogP contribution is 2.26. The monoisotopic (exact) mass is 367 g/mol. The molecule has 1 aromatic carbocycles. The van der Waals surface area contributed by atoms with Gasteiger partial charge in [0.1, 0.15) is 5.25 Å². The first-order valence-corrected chi connectivity index (χ1v) is 10.1. The molecule has 1 fully saturated rings. The van der Waals surface area contributed by atoms with E-state index in [2.05, 4.69) is 26.1 Å². The molecule has 0 bridgehead atoms. The van der Waals surface area contributed by atoms with Crippen molar-refractivity contribution in [2.24, 2.45) is 0 Å². The van der Waals surface area contributed by atoms with Crippen LogP contribution in [-0.2, 0) is 24.8 Å². The molecule has 2 N–H and O–H groups in total. The van der Waals surface area contributed by atoms with Crippen LogP contribution in [0.2, 0.25) is 0 Å². The second-order valence-electron chi connectivity index (χ2n) is 7.53. The maximum absolute atomic E-state index is 12.4. The van der Waals surface area contributed by atoms with Gasteiger partial charge in [-0.3, -0.25) is 9.59 Å². The lowest BCUT2D eigenvalue weighted by Gasteiger charge is -2.22. The molecule has 1 aliphatic rings. The molecule has 0 spiro atoms. The molecule has 0 saturated carbocycles. The van der Waals surface area contributed by atoms with Crippen molar-refractivity contribution in [3.63, 3.8) is 0 Å². The molecule has 1 amide bonds. The first-order chi connectivity index (χ1) is 11.5. The van der Waals surface area contributed by atoms with E-state index in [0.717, 1.165) is 5.56 Å². The van der Waals surface area contributed by atoms with E-state index < -0.39 is 33.0 Å². The van der Waals surface area contributed by atoms with Gasteiger partial charge >= 0.3 is 5.97 Å². The van der Waals surface area contributed by atoms with Crippen molar-refractivity contribution in [2.45, 2.75) is 56.7 Å². The Bertz CT molecular complexity index is 747. The average Bonchev–Trinajstić information content (AvgIpc) is 2.85. The first-order valence-electron chi connectivity index (χ1n) is 8.35. The minimum Gasteiger partial charge on any atom is -0.481 e. The predicted molar refractivity (Wildman–Crippen MR) is 95.1 cm³/mol. The van der Waals surface area contributed by atoms with Crippen LogP contribution in [0.25, 0.3) is 0 Å². The summed E-state index contributed by atoms with van der Waals surface area (Å²) in [6, 6.07) is 6.63. The second kappa shape index (κ2) is 7.15. The molecule has 0 aromatic heterocycles. The van der Waals surface area contributed by atoms with Crippen LogP contribution >= 0.6 is 0 Å². The number of rotatable bonds is 5. The number of amides is 1. The predicted octanol–water partition coefficient (Wildman–Crippen LogP) is 2.19. The van der Waals surface area contributed by atoms with Crippen LogP contribution in [0.3, 0.4) is 0 Å². The van der Waals surface area contributed by atoms with Gasteiger partial charge in [-0.1, -0.05) is 45.0 Å². The van der Waals surface area contributed by atoms with Crippen molar-refractivity contribution < 1.29 is 23.1 Å². The molecule has 25 heavy (non-hydrogen) atoms. The number of hydrogen-bond donors (Lipinski definition) is 2. The van der Waals surface area contributed by atoms with Gasteiger partial charge in [0.25, 0.3) is 0 Å². The van der Waals surface area contributed by atoms with E-state index in [9.17, 15) is 18.0 Å². The Labute approximate surface area is 148 Å². The van der Waals surface area contributed by atoms with Gasteiger partial charge in [0.2, 0.25) is 5.91 Å². The number of nitrogens with one attached hydrogen (secondary N) is 1. The molecule has 0 radical (unpaired) electrons. The highest BCUT2D eigenvalue weighted by molar-refractivity contribution is 7.93. The van der Waals surface area contributed by atoms with E-state index in [1.54, 1.807) is 12.1 Å². The Hall–Kier alpha value is -1.89. The molecular formula is C18H25NO5S. The molecule has 6 nitrogen and oxygen atoms in total. The minimum atomic E-state index is -3.43. The van der Waals surface area contributed by atoms with E-state index in [0.29, 0.717) is 12.0 Å². The van der Waals surface area contributed by atoms with Crippen molar-refractivity contribution in [1.29, 1.82) is 0 Å². The summed E-state index contributed by atoms with van der Waals surface area (Å²) in [7, 11) is -3.43. The molecule has 2 atom stereocenters. The summed E-state index contributed by atoms with van der Waals surface area (Å²) in [4.78, 5) is 23.5. The van der Waals surface area contributed by atoms with Crippen molar-refractivity contribution in [3.8, 4) is 0 Å². The lowest BCUT2D eigenvalue weighted by atomic mass is 9.86. The Morgan fingerprint density at radius 3 is 2.28 bits per heavy atom. The summed E-state index contributed by atoms with van der Waals surface area (Å²) in [5.74, 6) is -1.65. The summed E-state index contributed by atoms with van der Waals surface area (Å²) in [5.41, 5.74) is 1.70. The number of benzene rings is 1. The van der Waals surface area contributed by atoms with Crippen molar-refractivity contribution >= 4 is 21.7 Å². The largest absolute Gasteiger partial charge is 0.481 e. The van der Waals surface area contributed by atoms with E-state index in [1.807, 2.05) is 12.1 Å². The molecule has 7 heteroatoms. The van der Waals surface area contributed by atoms with Crippen LogP contribution in [0.4, 0.5) is 0 Å². The lowest BCUT2D eigenvalue weighted by Crippen LogP contribution is -2.40. The maximum Gasteiger partial charge on any atom is 0.305 e. The second-order valence-corrected chi connectivity index (χ2v) is 9.83. The van der Waals surface area contributed by atoms with Crippen LogP contribution in [-0.4, -0.2) is 36.4 Å². The molecule has 2 unspecified atom stereocenters. The topological polar surface area (TPSA) is 101 Å². The highest BCUT2D eigenvalue weighted by Gasteiger charge is 2.38. The third-order valence-electron chi connectivity index (χ3n) is 4.50. The number of aliphatic carboxylic acids is 1. The maximum atomic E-state index is 12.4. The summed E-state index contributed by atoms with van der Waals surface area (Å²) in [5, 5.41) is 10.7. The Morgan fingerprint density at radius 1 is 1.24 bits per heavy atom. The van der Waals surface area contributed by atoms with Crippen molar-refractivity contribution in [1.82, 2.24) is 5.32 Å². The number of carboxylic acid groups (broad SMARTS) is 1. The van der Waals surface area contributed by atoms with Crippen LogP contribution in [0.5, 0.6) is 0 Å². The molecular weight excluding hydrogens is 342 g/mol. The quantitative estimate of drug-likeness (QED) is 0.831. The summed E-state index contributed by atoms with van der Waals surface area (Å²) < 4.78 is 23.8. The van der Waals surface area contributed by atoms with Gasteiger partial charge in [0.15, 0.2) is 9.84 Å². The fraction of sp³-hybridized carbons (Fsp3) is 0.556. The Kier molecular flexibility index (Phi) is 5.56. The molecule has 1 aromatic rings.